The van der Waals surface area contributed by atoms with Crippen LogP contribution in [0.25, 0.3) is 0 Å². The van der Waals surface area contributed by atoms with Crippen molar-refractivity contribution in [3.8, 4) is 0 Å². The van der Waals surface area contributed by atoms with Crippen LogP contribution in [-0.4, -0.2) is 75.9 Å². The lowest BCUT2D eigenvalue weighted by Crippen LogP contribution is -2.70. The van der Waals surface area contributed by atoms with Gasteiger partial charge in [-0.15, -0.1) is 0 Å². The Morgan fingerprint density at radius 1 is 1.11 bits per heavy atom. The van der Waals surface area contributed by atoms with E-state index in [1.807, 2.05) is 7.11 Å². The monoisotopic (exact) mass is 660 g/mol. The van der Waals surface area contributed by atoms with Gasteiger partial charge in [-0.1, -0.05) is 66.5 Å². The first-order valence-corrected chi connectivity index (χ1v) is 19.0. The Morgan fingerprint density at radius 2 is 1.85 bits per heavy atom. The summed E-state index contributed by atoms with van der Waals surface area (Å²) in [7, 11) is 1.85. The van der Waals surface area contributed by atoms with Crippen molar-refractivity contribution in [2.24, 2.45) is 68.1 Å². The Balaban J connectivity index is 1.38. The lowest BCUT2D eigenvalue weighted by atomic mass is 9.34. The van der Waals surface area contributed by atoms with Crippen LogP contribution < -0.4 is 16.8 Å². The van der Waals surface area contributed by atoms with Crippen molar-refractivity contribution in [2.75, 3.05) is 46.6 Å². The number of carbonyl (C=O) groups is 1. The van der Waals surface area contributed by atoms with E-state index < -0.39 is 5.97 Å². The highest BCUT2D eigenvalue weighted by atomic mass is 16.5. The summed E-state index contributed by atoms with van der Waals surface area (Å²) in [6.07, 6.45) is 11.5. The average molecular weight is 660 g/mol. The van der Waals surface area contributed by atoms with Gasteiger partial charge in [0.1, 0.15) is 0 Å². The largest absolute Gasteiger partial charge is 0.481 e. The number of rotatable bonds is 14. The highest BCUT2D eigenvalue weighted by molar-refractivity contribution is 5.73. The Labute approximate surface area is 285 Å². The van der Waals surface area contributed by atoms with Gasteiger partial charge in [0.05, 0.1) is 37.9 Å². The van der Waals surface area contributed by atoms with Crippen molar-refractivity contribution in [1.29, 1.82) is 0 Å². The van der Waals surface area contributed by atoms with E-state index in [4.69, 9.17) is 25.7 Å². The molecular formula is C39H69N3O5. The molecule has 0 aromatic heterocycles. The third kappa shape index (κ3) is 5.97. The van der Waals surface area contributed by atoms with Crippen molar-refractivity contribution >= 4 is 5.97 Å². The second-order valence-electron chi connectivity index (χ2n) is 17.9. The van der Waals surface area contributed by atoms with Crippen molar-refractivity contribution < 1.29 is 24.1 Å². The molecule has 270 valence electrons. The Morgan fingerprint density at radius 3 is 2.51 bits per heavy atom. The number of carboxylic acids is 1. The number of carboxylic acid groups (broad SMARTS) is 1. The fraction of sp³-hybridized carbons (Fsp3) is 0.923. The molecule has 8 heteroatoms. The van der Waals surface area contributed by atoms with E-state index in [0.717, 1.165) is 84.0 Å². The van der Waals surface area contributed by atoms with Crippen LogP contribution in [0.2, 0.25) is 0 Å². The summed E-state index contributed by atoms with van der Waals surface area (Å²) >= 11 is 0. The number of aliphatic carboxylic acids is 1. The first-order chi connectivity index (χ1) is 22.2. The van der Waals surface area contributed by atoms with Gasteiger partial charge in [0.2, 0.25) is 0 Å². The minimum absolute atomic E-state index is 0.0206. The molecule has 0 aromatic rings. The molecule has 5 rings (SSSR count). The lowest BCUT2D eigenvalue weighted by molar-refractivity contribution is -0.266. The number of nitrogens with two attached hydrogens (primary N) is 2. The molecule has 0 amide bonds. The lowest BCUT2D eigenvalue weighted by Gasteiger charge is -2.71. The van der Waals surface area contributed by atoms with Crippen molar-refractivity contribution in [2.45, 2.75) is 125 Å². The zero-order valence-corrected chi connectivity index (χ0v) is 31.0. The summed E-state index contributed by atoms with van der Waals surface area (Å²) in [4.78, 5) is 13.3. The molecule has 4 fully saturated rings. The molecule has 1 aliphatic heterocycles. The predicted molar refractivity (Wildman–Crippen MR) is 188 cm³/mol. The summed E-state index contributed by atoms with van der Waals surface area (Å²) in [6.45, 7) is 20.6. The van der Waals surface area contributed by atoms with Crippen molar-refractivity contribution in [1.82, 2.24) is 5.32 Å². The summed E-state index contributed by atoms with van der Waals surface area (Å²) < 4.78 is 19.7. The van der Waals surface area contributed by atoms with E-state index in [2.05, 4.69) is 59.9 Å². The molecule has 6 N–H and O–H groups in total. The number of unbranched alkanes of at least 4 members (excludes halogenated alkanes) is 1. The van der Waals surface area contributed by atoms with Crippen LogP contribution in [-0.2, 0) is 19.0 Å². The number of ether oxygens (including phenoxy) is 3. The van der Waals surface area contributed by atoms with Gasteiger partial charge in [-0.25, -0.2) is 0 Å². The maximum absolute atomic E-state index is 13.3. The highest BCUT2D eigenvalue weighted by Crippen LogP contribution is 2.75. The molecule has 3 saturated carbocycles. The van der Waals surface area contributed by atoms with Crippen molar-refractivity contribution in [3.05, 3.63) is 11.6 Å². The van der Waals surface area contributed by atoms with Gasteiger partial charge >= 0.3 is 5.97 Å². The molecular weight excluding hydrogens is 590 g/mol. The normalized spacial score (nSPS) is 44.1. The maximum Gasteiger partial charge on any atom is 0.307 e. The van der Waals surface area contributed by atoms with Crippen LogP contribution in [0.3, 0.4) is 0 Å². The van der Waals surface area contributed by atoms with Gasteiger partial charge in [-0.2, -0.15) is 0 Å². The number of hydrogen-bond donors (Lipinski definition) is 4. The van der Waals surface area contributed by atoms with E-state index in [9.17, 15) is 9.90 Å². The Bertz CT molecular complexity index is 1150. The number of methoxy groups -OCH3 is 1. The molecule has 12 atom stereocenters. The van der Waals surface area contributed by atoms with Crippen molar-refractivity contribution in [3.63, 3.8) is 0 Å². The molecule has 0 unspecified atom stereocenters. The summed E-state index contributed by atoms with van der Waals surface area (Å²) in [5, 5.41) is 14.5. The molecule has 5 aliphatic rings. The molecule has 4 aliphatic carbocycles. The van der Waals surface area contributed by atoms with E-state index in [1.54, 1.807) is 5.57 Å². The molecule has 2 bridgehead atoms. The maximum atomic E-state index is 13.3. The van der Waals surface area contributed by atoms with E-state index in [1.165, 1.54) is 0 Å². The zero-order chi connectivity index (χ0) is 34.4. The van der Waals surface area contributed by atoms with Gasteiger partial charge < -0.3 is 36.1 Å². The first-order valence-electron chi connectivity index (χ1n) is 19.0. The van der Waals surface area contributed by atoms with Crippen LogP contribution >= 0.6 is 0 Å². The minimum Gasteiger partial charge on any atom is -0.481 e. The van der Waals surface area contributed by atoms with E-state index >= 15 is 0 Å². The van der Waals surface area contributed by atoms with Gasteiger partial charge in [-0.05, 0) is 97.8 Å². The number of nitrogens with one attached hydrogen (secondary N) is 1. The standard InChI is InChI=1S/C39H69N3O5/c1-25(2)26(3)35(4)16-17-37(6)28-12-13-31-36(5)23-46-24-39(31,29(28)14-15-38(37,7)32(35)34(43)44)21-30(45-8)33(36)47-20-19-42-22-27(41)11-9-10-18-40/h14,25-28,30-33,42H,9-13,15-24,40-41H2,1-8H3,(H,43,44)/t26-,27+,28+,30-,31+,32-,33+,35-,36+,37-,38+,39-/m1/s1. The summed E-state index contributed by atoms with van der Waals surface area (Å²) in [5.74, 6) is 0.604. The number of allylic oxidation sites excluding steroid dienone is 1. The fourth-order valence-electron chi connectivity index (χ4n) is 12.3. The Hall–Kier alpha value is -1.03. The van der Waals surface area contributed by atoms with E-state index in [-0.39, 0.29) is 51.2 Å². The minimum atomic E-state index is -0.606. The predicted octanol–water partition coefficient (Wildman–Crippen LogP) is 6.02. The van der Waals surface area contributed by atoms with Crippen LogP contribution in [0.15, 0.2) is 11.6 Å². The second-order valence-corrected chi connectivity index (χ2v) is 17.9. The Kier molecular flexibility index (Phi) is 11.0. The van der Waals surface area contributed by atoms with Gasteiger partial charge in [0, 0.05) is 37.1 Å². The quantitative estimate of drug-likeness (QED) is 0.132. The fourth-order valence-corrected chi connectivity index (χ4v) is 12.3. The molecule has 0 aromatic carbocycles. The topological polar surface area (TPSA) is 129 Å². The molecule has 1 heterocycles. The third-order valence-corrected chi connectivity index (χ3v) is 15.4. The third-order valence-electron chi connectivity index (χ3n) is 15.4. The van der Waals surface area contributed by atoms with Gasteiger partial charge in [-0.3, -0.25) is 4.79 Å². The molecule has 1 saturated heterocycles. The highest BCUT2D eigenvalue weighted by Gasteiger charge is 2.71. The number of fused-ring (bicyclic) bond motifs is 3. The van der Waals surface area contributed by atoms with Gasteiger partial charge in [0.15, 0.2) is 0 Å². The van der Waals surface area contributed by atoms with Gasteiger partial charge in [0.25, 0.3) is 0 Å². The second kappa shape index (κ2) is 13.9. The molecule has 8 nitrogen and oxygen atoms in total. The molecule has 47 heavy (non-hydrogen) atoms. The molecule has 0 radical (unpaired) electrons. The van der Waals surface area contributed by atoms with Crippen LogP contribution in [0.5, 0.6) is 0 Å². The molecule has 0 spiro atoms. The number of hydrogen-bond acceptors (Lipinski definition) is 7. The van der Waals surface area contributed by atoms with Crippen LogP contribution in [0, 0.1) is 56.7 Å². The zero-order valence-electron chi connectivity index (χ0n) is 31.0. The smallest absolute Gasteiger partial charge is 0.307 e. The summed E-state index contributed by atoms with van der Waals surface area (Å²) in [6, 6.07) is 0.137. The first kappa shape index (κ1) is 37.2. The van der Waals surface area contributed by atoms with E-state index in [0.29, 0.717) is 36.9 Å². The van der Waals surface area contributed by atoms with Crippen LogP contribution in [0.1, 0.15) is 106 Å². The SMILES string of the molecule is CO[C@@H]1C[C@]23COC[C@@](C)([C@@H]2CC[C@H]2C3=CC[C@@]3(C)[C@H](C(=O)O)[C@@](C)([C@H](C)C(C)C)CC[C@]23C)[C@H]1OCCNC[C@@H](N)CCCCN. The summed E-state index contributed by atoms with van der Waals surface area (Å²) in [5.41, 5.74) is 12.6. The van der Waals surface area contributed by atoms with Crippen LogP contribution in [0.4, 0.5) is 0 Å². The average Bonchev–Trinajstić information content (AvgIpc) is 3.01.